The average Bonchev–Trinajstić information content (AvgIpc) is 2.28. The molecule has 0 radical (unpaired) electrons. The number of carbonyl (C=O) groups is 1. The lowest BCUT2D eigenvalue weighted by molar-refractivity contribution is 0.0695. The van der Waals surface area contributed by atoms with E-state index in [2.05, 4.69) is 4.72 Å². The molecule has 0 aliphatic rings. The topological polar surface area (TPSA) is 104 Å². The van der Waals surface area contributed by atoms with Crippen molar-refractivity contribution < 1.29 is 23.4 Å². The van der Waals surface area contributed by atoms with Crippen LogP contribution in [0.4, 0.5) is 0 Å². The highest BCUT2D eigenvalue weighted by molar-refractivity contribution is 14.1. The summed E-state index contributed by atoms with van der Waals surface area (Å²) in [5, 5.41) is 17.7. The van der Waals surface area contributed by atoms with Crippen molar-refractivity contribution in [2.24, 2.45) is 0 Å². The summed E-state index contributed by atoms with van der Waals surface area (Å²) in [5.41, 5.74) is -0.0571. The Labute approximate surface area is 125 Å². The zero-order valence-electron chi connectivity index (χ0n) is 10.1. The first-order chi connectivity index (χ1) is 8.77. The molecule has 106 valence electrons. The molecule has 19 heavy (non-hydrogen) atoms. The third-order valence-corrected chi connectivity index (χ3v) is 4.92. The van der Waals surface area contributed by atoms with Gasteiger partial charge in [-0.25, -0.2) is 17.9 Å². The van der Waals surface area contributed by atoms with Crippen LogP contribution in [0.25, 0.3) is 0 Å². The summed E-state index contributed by atoms with van der Waals surface area (Å²) in [6.07, 6.45) is 0.287. The van der Waals surface area contributed by atoms with Crippen molar-refractivity contribution in [3.8, 4) is 0 Å². The third-order valence-electron chi connectivity index (χ3n) is 2.40. The molecule has 8 heteroatoms. The number of halogens is 1. The standard InChI is InChI=1S/C11H14INO5S/c1-7(4-5-14)13-19(17,18)8-2-3-10(12)9(6-8)11(15)16/h2-3,6-7,13-14H,4-5H2,1H3,(H,15,16). The van der Waals surface area contributed by atoms with Gasteiger partial charge < -0.3 is 10.2 Å². The summed E-state index contributed by atoms with van der Waals surface area (Å²) in [4.78, 5) is 10.9. The molecule has 0 saturated carbocycles. The number of aliphatic hydroxyl groups is 1. The van der Waals surface area contributed by atoms with Crippen LogP contribution in [0, 0.1) is 3.57 Å². The van der Waals surface area contributed by atoms with Gasteiger partial charge in [-0.2, -0.15) is 0 Å². The number of benzene rings is 1. The van der Waals surface area contributed by atoms with Gasteiger partial charge in [-0.3, -0.25) is 0 Å². The van der Waals surface area contributed by atoms with Gasteiger partial charge in [0.15, 0.2) is 0 Å². The van der Waals surface area contributed by atoms with E-state index in [0.717, 1.165) is 6.07 Å². The molecule has 0 amide bonds. The summed E-state index contributed by atoms with van der Waals surface area (Å²) in [5.74, 6) is -1.18. The number of aromatic carboxylic acids is 1. The highest BCUT2D eigenvalue weighted by Gasteiger charge is 2.20. The Kier molecular flexibility index (Phi) is 5.71. The van der Waals surface area contributed by atoms with Gasteiger partial charge in [-0.1, -0.05) is 0 Å². The van der Waals surface area contributed by atoms with Crippen LogP contribution in [0.15, 0.2) is 23.1 Å². The van der Waals surface area contributed by atoms with Crippen molar-refractivity contribution in [1.29, 1.82) is 0 Å². The molecule has 0 aliphatic carbocycles. The first-order valence-corrected chi connectivity index (χ1v) is 8.00. The van der Waals surface area contributed by atoms with Gasteiger partial charge in [0, 0.05) is 16.2 Å². The molecule has 1 rings (SSSR count). The maximum atomic E-state index is 12.0. The van der Waals surface area contributed by atoms with E-state index in [0.29, 0.717) is 3.57 Å². The molecule has 0 saturated heterocycles. The maximum absolute atomic E-state index is 12.0. The Bertz CT molecular complexity index is 572. The Morgan fingerprint density at radius 2 is 2.11 bits per heavy atom. The minimum Gasteiger partial charge on any atom is -0.478 e. The first kappa shape index (κ1) is 16.3. The fourth-order valence-electron chi connectivity index (χ4n) is 1.42. The molecule has 1 aromatic rings. The highest BCUT2D eigenvalue weighted by Crippen LogP contribution is 2.18. The van der Waals surface area contributed by atoms with Crippen LogP contribution < -0.4 is 4.72 Å². The normalized spacial score (nSPS) is 13.2. The smallest absolute Gasteiger partial charge is 0.336 e. The number of carboxylic acid groups (broad SMARTS) is 1. The Morgan fingerprint density at radius 3 is 2.63 bits per heavy atom. The van der Waals surface area contributed by atoms with E-state index >= 15 is 0 Å². The van der Waals surface area contributed by atoms with E-state index in [9.17, 15) is 13.2 Å². The van der Waals surface area contributed by atoms with Crippen LogP contribution in [0.5, 0.6) is 0 Å². The van der Waals surface area contributed by atoms with Gasteiger partial charge in [0.1, 0.15) is 0 Å². The second-order valence-electron chi connectivity index (χ2n) is 3.98. The summed E-state index contributed by atoms with van der Waals surface area (Å²) >= 11 is 1.83. The number of hydrogen-bond donors (Lipinski definition) is 3. The molecule has 1 aromatic carbocycles. The van der Waals surface area contributed by atoms with Gasteiger partial charge in [0.2, 0.25) is 10.0 Å². The molecule has 0 spiro atoms. The second kappa shape index (κ2) is 6.64. The fraction of sp³-hybridized carbons (Fsp3) is 0.364. The number of rotatable bonds is 6. The summed E-state index contributed by atoms with van der Waals surface area (Å²) < 4.78 is 26.9. The van der Waals surface area contributed by atoms with Crippen LogP contribution in [0.2, 0.25) is 0 Å². The van der Waals surface area contributed by atoms with Gasteiger partial charge in [-0.15, -0.1) is 0 Å². The lowest BCUT2D eigenvalue weighted by Gasteiger charge is -2.13. The fourth-order valence-corrected chi connectivity index (χ4v) is 3.29. The lowest BCUT2D eigenvalue weighted by Crippen LogP contribution is -2.33. The Hall–Kier alpha value is -0.710. The second-order valence-corrected chi connectivity index (χ2v) is 6.86. The zero-order valence-corrected chi connectivity index (χ0v) is 13.1. The predicted octanol–water partition coefficient (Wildman–Crippen LogP) is 1.04. The van der Waals surface area contributed by atoms with E-state index in [-0.39, 0.29) is 23.5 Å². The molecule has 3 N–H and O–H groups in total. The van der Waals surface area contributed by atoms with Gasteiger partial charge in [0.05, 0.1) is 10.5 Å². The molecule has 0 bridgehead atoms. The third kappa shape index (κ3) is 4.41. The van der Waals surface area contributed by atoms with Crippen molar-refractivity contribution in [2.45, 2.75) is 24.3 Å². The van der Waals surface area contributed by atoms with Crippen LogP contribution >= 0.6 is 22.6 Å². The SMILES string of the molecule is CC(CCO)NS(=O)(=O)c1ccc(I)c(C(=O)O)c1. The molecule has 1 unspecified atom stereocenters. The minimum absolute atomic E-state index is 0.0571. The quantitative estimate of drug-likeness (QED) is 0.621. The molecule has 0 fully saturated rings. The van der Waals surface area contributed by atoms with E-state index in [1.165, 1.54) is 12.1 Å². The number of nitrogens with one attached hydrogen (secondary N) is 1. The molecule has 0 aliphatic heterocycles. The van der Waals surface area contributed by atoms with Gasteiger partial charge >= 0.3 is 5.97 Å². The van der Waals surface area contributed by atoms with Crippen molar-refractivity contribution in [3.05, 3.63) is 27.3 Å². The molecule has 1 atom stereocenters. The molecule has 0 heterocycles. The minimum atomic E-state index is -3.78. The summed E-state index contributed by atoms with van der Waals surface area (Å²) in [6.45, 7) is 1.50. The summed E-state index contributed by atoms with van der Waals surface area (Å²) in [6, 6.07) is 3.48. The number of carboxylic acids is 1. The Morgan fingerprint density at radius 1 is 1.47 bits per heavy atom. The van der Waals surface area contributed by atoms with Gasteiger partial charge in [0.25, 0.3) is 0 Å². The van der Waals surface area contributed by atoms with Crippen LogP contribution in [0.1, 0.15) is 23.7 Å². The number of hydrogen-bond acceptors (Lipinski definition) is 4. The van der Waals surface area contributed by atoms with Gasteiger partial charge in [-0.05, 0) is 54.1 Å². The van der Waals surface area contributed by atoms with Crippen LogP contribution in [-0.2, 0) is 10.0 Å². The highest BCUT2D eigenvalue weighted by atomic mass is 127. The average molecular weight is 399 g/mol. The van der Waals surface area contributed by atoms with E-state index < -0.39 is 22.0 Å². The van der Waals surface area contributed by atoms with Crippen molar-refractivity contribution >= 4 is 38.6 Å². The van der Waals surface area contributed by atoms with Crippen molar-refractivity contribution in [2.75, 3.05) is 6.61 Å². The zero-order chi connectivity index (χ0) is 14.6. The van der Waals surface area contributed by atoms with E-state index in [1.807, 2.05) is 22.6 Å². The number of sulfonamides is 1. The molecular formula is C11H14INO5S. The van der Waals surface area contributed by atoms with Crippen LogP contribution in [0.3, 0.4) is 0 Å². The monoisotopic (exact) mass is 399 g/mol. The largest absolute Gasteiger partial charge is 0.478 e. The van der Waals surface area contributed by atoms with Crippen molar-refractivity contribution in [1.82, 2.24) is 4.72 Å². The molecule has 0 aromatic heterocycles. The van der Waals surface area contributed by atoms with E-state index in [1.54, 1.807) is 6.92 Å². The van der Waals surface area contributed by atoms with E-state index in [4.69, 9.17) is 10.2 Å². The predicted molar refractivity (Wildman–Crippen MR) is 77.6 cm³/mol. The Balaban J connectivity index is 3.08. The molecule has 6 nitrogen and oxygen atoms in total. The van der Waals surface area contributed by atoms with Crippen LogP contribution in [-0.4, -0.2) is 37.2 Å². The summed E-state index contributed by atoms with van der Waals surface area (Å²) in [7, 11) is -3.78. The van der Waals surface area contributed by atoms with Crippen molar-refractivity contribution in [3.63, 3.8) is 0 Å². The maximum Gasteiger partial charge on any atom is 0.336 e. The lowest BCUT2D eigenvalue weighted by atomic mass is 10.2. The first-order valence-electron chi connectivity index (χ1n) is 5.44. The number of aliphatic hydroxyl groups excluding tert-OH is 1. The molecular weight excluding hydrogens is 385 g/mol.